The molecule has 0 bridgehead atoms. The molecule has 2 aromatic carbocycles. The van der Waals surface area contributed by atoms with Gasteiger partial charge in [-0.25, -0.2) is 8.78 Å². The van der Waals surface area contributed by atoms with Crippen LogP contribution in [0.1, 0.15) is 31.7 Å². The first kappa shape index (κ1) is 16.9. The van der Waals surface area contributed by atoms with Crippen molar-refractivity contribution in [3.8, 4) is 0 Å². The lowest BCUT2D eigenvalue weighted by molar-refractivity contribution is -0.115. The van der Waals surface area contributed by atoms with Crippen molar-refractivity contribution in [2.24, 2.45) is 0 Å². The molecule has 0 unspecified atom stereocenters. The molecule has 0 aliphatic heterocycles. The van der Waals surface area contributed by atoms with Gasteiger partial charge in [-0.15, -0.1) is 0 Å². The van der Waals surface area contributed by atoms with Gasteiger partial charge in [-0.3, -0.25) is 4.79 Å². The van der Waals surface area contributed by atoms with Crippen LogP contribution in [-0.2, 0) is 4.79 Å². The summed E-state index contributed by atoms with van der Waals surface area (Å²) in [5.41, 5.74) is 1.61. The van der Waals surface area contributed by atoms with Crippen molar-refractivity contribution in [3.63, 3.8) is 0 Å². The Morgan fingerprint density at radius 1 is 1.04 bits per heavy atom. The predicted octanol–water partition coefficient (Wildman–Crippen LogP) is 4.53. The van der Waals surface area contributed by atoms with Crippen molar-refractivity contribution in [1.29, 1.82) is 0 Å². The van der Waals surface area contributed by atoms with E-state index in [1.165, 1.54) is 18.2 Å². The number of carbonyl (C=O) groups excluding carboxylic acids is 1. The van der Waals surface area contributed by atoms with Crippen LogP contribution in [0.4, 0.5) is 20.2 Å². The predicted molar refractivity (Wildman–Crippen MR) is 88.6 cm³/mol. The fourth-order valence-corrected chi connectivity index (χ4v) is 2.29. The maximum atomic E-state index is 13.5. The third-order valence-electron chi connectivity index (χ3n) is 3.47. The van der Waals surface area contributed by atoms with Crippen molar-refractivity contribution >= 4 is 17.3 Å². The minimum Gasteiger partial charge on any atom is -0.380 e. The molecule has 0 heterocycles. The Hall–Kier alpha value is -2.43. The Bertz CT molecular complexity index is 666. The fraction of sp³-hybridized carbons (Fsp3) is 0.278. The van der Waals surface area contributed by atoms with Gasteiger partial charge in [0.2, 0.25) is 5.91 Å². The molecule has 122 valence electrons. The third-order valence-corrected chi connectivity index (χ3v) is 3.47. The summed E-state index contributed by atoms with van der Waals surface area (Å²) in [6.45, 7) is 4.24. The van der Waals surface area contributed by atoms with Crippen LogP contribution in [0.3, 0.4) is 0 Å². The summed E-state index contributed by atoms with van der Waals surface area (Å²) in [4.78, 5) is 12.0. The van der Waals surface area contributed by atoms with Gasteiger partial charge in [0, 0.05) is 18.7 Å². The second kappa shape index (κ2) is 7.72. The monoisotopic (exact) mass is 318 g/mol. The van der Waals surface area contributed by atoms with E-state index in [4.69, 9.17) is 0 Å². The van der Waals surface area contributed by atoms with Crippen LogP contribution >= 0.6 is 0 Å². The van der Waals surface area contributed by atoms with Crippen molar-refractivity contribution in [3.05, 3.63) is 59.7 Å². The van der Waals surface area contributed by atoms with E-state index in [0.29, 0.717) is 0 Å². The van der Waals surface area contributed by atoms with Gasteiger partial charge in [0.25, 0.3) is 0 Å². The number of anilines is 2. The minimum atomic E-state index is -0.671. The summed E-state index contributed by atoms with van der Waals surface area (Å²) in [7, 11) is 0. The molecule has 0 fully saturated rings. The first-order valence-electron chi connectivity index (χ1n) is 7.55. The molecule has 3 nitrogen and oxygen atoms in total. The summed E-state index contributed by atoms with van der Waals surface area (Å²) in [5, 5.41) is 5.47. The van der Waals surface area contributed by atoms with Crippen molar-refractivity contribution < 1.29 is 13.6 Å². The molecule has 0 saturated carbocycles. The number of para-hydroxylation sites is 2. The number of halogens is 2. The summed E-state index contributed by atoms with van der Waals surface area (Å²) < 4.78 is 26.9. The molecule has 2 N–H and O–H groups in total. The Balaban J connectivity index is 1.91. The number of nitrogens with one attached hydrogen (secondary N) is 2. The first-order chi connectivity index (χ1) is 11.0. The molecule has 2 aromatic rings. The lowest BCUT2D eigenvalue weighted by Crippen LogP contribution is -2.18. The van der Waals surface area contributed by atoms with E-state index in [0.717, 1.165) is 11.3 Å². The molecule has 0 saturated heterocycles. The number of hydrogen-bond acceptors (Lipinski definition) is 2. The molecule has 1 amide bonds. The van der Waals surface area contributed by atoms with E-state index >= 15 is 0 Å². The Labute approximate surface area is 134 Å². The van der Waals surface area contributed by atoms with Crippen LogP contribution in [0.25, 0.3) is 0 Å². The summed E-state index contributed by atoms with van der Waals surface area (Å²) >= 11 is 0. The molecular formula is C18H20F2N2O. The smallest absolute Gasteiger partial charge is 0.226 e. The Morgan fingerprint density at radius 2 is 1.70 bits per heavy atom. The molecule has 5 heteroatoms. The lowest BCUT2D eigenvalue weighted by Gasteiger charge is -2.14. The second-order valence-corrected chi connectivity index (χ2v) is 5.56. The van der Waals surface area contributed by atoms with E-state index < -0.39 is 11.6 Å². The molecule has 0 aliphatic rings. The van der Waals surface area contributed by atoms with Gasteiger partial charge in [0.05, 0.1) is 0 Å². The number of benzene rings is 2. The SMILES string of the molecule is CC(C)c1ccccc1NC(=O)CCNc1c(F)cccc1F. The van der Waals surface area contributed by atoms with Gasteiger partial charge in [-0.1, -0.05) is 38.1 Å². The minimum absolute atomic E-state index is 0.111. The van der Waals surface area contributed by atoms with E-state index in [1.54, 1.807) is 0 Å². The van der Waals surface area contributed by atoms with Crippen LogP contribution in [0, 0.1) is 11.6 Å². The number of hydrogen-bond donors (Lipinski definition) is 2. The molecule has 0 aromatic heterocycles. The largest absolute Gasteiger partial charge is 0.380 e. The van der Waals surface area contributed by atoms with Crippen LogP contribution in [0.5, 0.6) is 0 Å². The second-order valence-electron chi connectivity index (χ2n) is 5.56. The maximum absolute atomic E-state index is 13.5. The molecule has 0 radical (unpaired) electrons. The van der Waals surface area contributed by atoms with Gasteiger partial charge >= 0.3 is 0 Å². The number of amides is 1. The van der Waals surface area contributed by atoms with Crippen LogP contribution in [0.2, 0.25) is 0 Å². The van der Waals surface area contributed by atoms with Gasteiger partial charge in [0.1, 0.15) is 17.3 Å². The zero-order valence-corrected chi connectivity index (χ0v) is 13.2. The van der Waals surface area contributed by atoms with Gasteiger partial charge in [-0.05, 0) is 29.7 Å². The highest BCUT2D eigenvalue weighted by Gasteiger charge is 2.11. The Kier molecular flexibility index (Phi) is 5.68. The van der Waals surface area contributed by atoms with Crippen molar-refractivity contribution in [1.82, 2.24) is 0 Å². The van der Waals surface area contributed by atoms with Crippen LogP contribution in [0.15, 0.2) is 42.5 Å². The zero-order valence-electron chi connectivity index (χ0n) is 13.2. The summed E-state index contributed by atoms with van der Waals surface area (Å²) in [6, 6.07) is 11.2. The van der Waals surface area contributed by atoms with Gasteiger partial charge in [-0.2, -0.15) is 0 Å². The summed E-state index contributed by atoms with van der Waals surface area (Å²) in [5.74, 6) is -1.26. The standard InChI is InChI=1S/C18H20F2N2O/c1-12(2)13-6-3-4-9-16(13)22-17(23)10-11-21-18-14(19)7-5-8-15(18)20/h3-9,12,21H,10-11H2,1-2H3,(H,22,23). The average Bonchev–Trinajstić information content (AvgIpc) is 2.50. The molecular weight excluding hydrogens is 298 g/mol. The maximum Gasteiger partial charge on any atom is 0.226 e. The lowest BCUT2D eigenvalue weighted by atomic mass is 10.0. The van der Waals surface area contributed by atoms with Crippen molar-refractivity contribution in [2.45, 2.75) is 26.2 Å². The van der Waals surface area contributed by atoms with Gasteiger partial charge in [0.15, 0.2) is 0 Å². The highest BCUT2D eigenvalue weighted by Crippen LogP contribution is 2.23. The summed E-state index contributed by atoms with van der Waals surface area (Å²) in [6.07, 6.45) is 0.111. The highest BCUT2D eigenvalue weighted by molar-refractivity contribution is 5.91. The molecule has 23 heavy (non-hydrogen) atoms. The van der Waals surface area contributed by atoms with Crippen molar-refractivity contribution in [2.75, 3.05) is 17.2 Å². The number of carbonyl (C=O) groups is 1. The van der Waals surface area contributed by atoms with E-state index in [-0.39, 0.29) is 30.5 Å². The van der Waals surface area contributed by atoms with E-state index in [9.17, 15) is 13.6 Å². The van der Waals surface area contributed by atoms with E-state index in [1.807, 2.05) is 38.1 Å². The first-order valence-corrected chi connectivity index (χ1v) is 7.55. The molecule has 2 rings (SSSR count). The molecule has 0 atom stereocenters. The third kappa shape index (κ3) is 4.52. The quantitative estimate of drug-likeness (QED) is 0.821. The Morgan fingerprint density at radius 3 is 2.35 bits per heavy atom. The van der Waals surface area contributed by atoms with Crippen LogP contribution < -0.4 is 10.6 Å². The topological polar surface area (TPSA) is 41.1 Å². The molecule has 0 aliphatic carbocycles. The van der Waals surface area contributed by atoms with Crippen LogP contribution in [-0.4, -0.2) is 12.5 Å². The van der Waals surface area contributed by atoms with Gasteiger partial charge < -0.3 is 10.6 Å². The molecule has 0 spiro atoms. The average molecular weight is 318 g/mol. The fourth-order valence-electron chi connectivity index (χ4n) is 2.29. The normalized spacial score (nSPS) is 10.7. The zero-order chi connectivity index (χ0) is 16.8. The van der Waals surface area contributed by atoms with E-state index in [2.05, 4.69) is 10.6 Å². The number of rotatable bonds is 6. The highest BCUT2D eigenvalue weighted by atomic mass is 19.1.